The number of carbonyl (C=O) groups excluding carboxylic acids is 2. The zero-order valence-electron chi connectivity index (χ0n) is 11.8. The van der Waals surface area contributed by atoms with Crippen LogP contribution in [0.4, 0.5) is 0 Å². The van der Waals surface area contributed by atoms with Crippen LogP contribution in [0.25, 0.3) is 0 Å². The monoisotopic (exact) mass is 367 g/mol. The smallest absolute Gasteiger partial charge is 0.350 e. The Labute approximate surface area is 135 Å². The Hall–Kier alpha value is -1.53. The standard InChI is InChI=1S/C15H14BrNO3S/c1-8-14(21-10(3)17-8)15(19)20-9(2)13(18)11-4-6-12(16)7-5-11/h4-7,9H,1-3H3. The van der Waals surface area contributed by atoms with Gasteiger partial charge in [-0.15, -0.1) is 11.3 Å². The summed E-state index contributed by atoms with van der Waals surface area (Å²) in [5.41, 5.74) is 1.14. The van der Waals surface area contributed by atoms with Crippen molar-refractivity contribution in [2.24, 2.45) is 0 Å². The molecule has 1 aromatic carbocycles. The van der Waals surface area contributed by atoms with Crippen molar-refractivity contribution in [1.82, 2.24) is 4.98 Å². The van der Waals surface area contributed by atoms with Gasteiger partial charge in [0, 0.05) is 10.0 Å². The van der Waals surface area contributed by atoms with E-state index in [4.69, 9.17) is 4.74 Å². The number of aromatic nitrogens is 1. The molecule has 21 heavy (non-hydrogen) atoms. The number of esters is 1. The fraction of sp³-hybridized carbons (Fsp3) is 0.267. The fourth-order valence-electron chi connectivity index (χ4n) is 1.84. The van der Waals surface area contributed by atoms with Crippen molar-refractivity contribution < 1.29 is 14.3 Å². The normalized spacial score (nSPS) is 12.0. The summed E-state index contributed by atoms with van der Waals surface area (Å²) in [6.07, 6.45) is -0.833. The van der Waals surface area contributed by atoms with Gasteiger partial charge in [-0.3, -0.25) is 4.79 Å². The first-order chi connectivity index (χ1) is 9.88. The molecule has 0 bridgehead atoms. The van der Waals surface area contributed by atoms with Gasteiger partial charge in [-0.1, -0.05) is 28.1 Å². The molecule has 0 saturated carbocycles. The molecule has 1 unspecified atom stereocenters. The maximum Gasteiger partial charge on any atom is 0.350 e. The number of carbonyl (C=O) groups is 2. The Morgan fingerprint density at radius 2 is 1.86 bits per heavy atom. The maximum absolute atomic E-state index is 12.2. The lowest BCUT2D eigenvalue weighted by molar-refractivity contribution is 0.0322. The highest BCUT2D eigenvalue weighted by molar-refractivity contribution is 9.10. The van der Waals surface area contributed by atoms with E-state index < -0.39 is 12.1 Å². The molecule has 6 heteroatoms. The summed E-state index contributed by atoms with van der Waals surface area (Å²) in [7, 11) is 0. The van der Waals surface area contributed by atoms with E-state index >= 15 is 0 Å². The number of rotatable bonds is 4. The van der Waals surface area contributed by atoms with Gasteiger partial charge in [0.2, 0.25) is 5.78 Å². The average Bonchev–Trinajstić information content (AvgIpc) is 2.77. The molecule has 0 aliphatic carbocycles. The van der Waals surface area contributed by atoms with Crippen LogP contribution >= 0.6 is 27.3 Å². The van der Waals surface area contributed by atoms with Gasteiger partial charge in [-0.05, 0) is 32.9 Å². The Kier molecular flexibility index (Phi) is 4.90. The van der Waals surface area contributed by atoms with Crippen molar-refractivity contribution in [1.29, 1.82) is 0 Å². The third kappa shape index (κ3) is 3.77. The van der Waals surface area contributed by atoms with Gasteiger partial charge in [0.15, 0.2) is 6.10 Å². The highest BCUT2D eigenvalue weighted by Gasteiger charge is 2.23. The van der Waals surface area contributed by atoms with Crippen LogP contribution in [0.2, 0.25) is 0 Å². The van der Waals surface area contributed by atoms with Crippen molar-refractivity contribution in [2.45, 2.75) is 26.9 Å². The Balaban J connectivity index is 2.08. The maximum atomic E-state index is 12.2. The van der Waals surface area contributed by atoms with Crippen molar-refractivity contribution >= 4 is 39.0 Å². The molecule has 4 nitrogen and oxygen atoms in total. The van der Waals surface area contributed by atoms with Crippen LogP contribution in [-0.4, -0.2) is 22.8 Å². The molecule has 2 aromatic rings. The Morgan fingerprint density at radius 3 is 2.38 bits per heavy atom. The van der Waals surface area contributed by atoms with E-state index in [0.29, 0.717) is 16.1 Å². The number of aryl methyl sites for hydroxylation is 2. The number of ketones is 1. The second-order valence-corrected chi connectivity index (χ2v) is 6.68. The zero-order valence-corrected chi connectivity index (χ0v) is 14.2. The Morgan fingerprint density at radius 1 is 1.24 bits per heavy atom. The number of thiazole rings is 1. The van der Waals surface area contributed by atoms with Crippen LogP contribution in [0.15, 0.2) is 28.7 Å². The molecule has 2 rings (SSSR count). The second kappa shape index (κ2) is 6.49. The summed E-state index contributed by atoms with van der Waals surface area (Å²) in [6.45, 7) is 5.15. The number of ether oxygens (including phenoxy) is 1. The summed E-state index contributed by atoms with van der Waals surface area (Å²) < 4.78 is 6.14. The van der Waals surface area contributed by atoms with E-state index in [0.717, 1.165) is 9.48 Å². The van der Waals surface area contributed by atoms with E-state index in [1.807, 2.05) is 6.92 Å². The van der Waals surface area contributed by atoms with Crippen LogP contribution in [0.5, 0.6) is 0 Å². The molecule has 110 valence electrons. The molecule has 1 aromatic heterocycles. The fourth-order valence-corrected chi connectivity index (χ4v) is 2.90. The van der Waals surface area contributed by atoms with Crippen LogP contribution in [0.1, 0.15) is 37.7 Å². The van der Waals surface area contributed by atoms with E-state index in [-0.39, 0.29) is 5.78 Å². The summed E-state index contributed by atoms with van der Waals surface area (Å²) in [5, 5.41) is 0.798. The Bertz CT molecular complexity index is 679. The molecular weight excluding hydrogens is 354 g/mol. The summed E-state index contributed by atoms with van der Waals surface area (Å²) >= 11 is 4.58. The second-order valence-electron chi connectivity index (χ2n) is 4.57. The number of nitrogens with zero attached hydrogens (tertiary/aromatic N) is 1. The minimum Gasteiger partial charge on any atom is -0.450 e. The minimum atomic E-state index is -0.833. The molecule has 0 aliphatic heterocycles. The van der Waals surface area contributed by atoms with Crippen LogP contribution < -0.4 is 0 Å². The summed E-state index contributed by atoms with van der Waals surface area (Å²) in [5.74, 6) is -0.731. The molecule has 0 N–H and O–H groups in total. The van der Waals surface area contributed by atoms with Gasteiger partial charge < -0.3 is 4.74 Å². The predicted molar refractivity (Wildman–Crippen MR) is 84.9 cm³/mol. The molecule has 1 heterocycles. The van der Waals surface area contributed by atoms with Gasteiger partial charge in [0.05, 0.1) is 10.7 Å². The van der Waals surface area contributed by atoms with Gasteiger partial charge >= 0.3 is 5.97 Å². The lowest BCUT2D eigenvalue weighted by atomic mass is 10.1. The molecule has 0 spiro atoms. The summed E-state index contributed by atoms with van der Waals surface area (Å²) in [4.78, 5) is 28.9. The molecule has 0 amide bonds. The van der Waals surface area contributed by atoms with E-state index in [1.165, 1.54) is 11.3 Å². The summed E-state index contributed by atoms with van der Waals surface area (Å²) in [6, 6.07) is 6.94. The third-order valence-corrected chi connectivity index (χ3v) is 4.45. The average molecular weight is 368 g/mol. The lowest BCUT2D eigenvalue weighted by Crippen LogP contribution is -2.24. The largest absolute Gasteiger partial charge is 0.450 e. The first kappa shape index (κ1) is 15.9. The molecule has 0 saturated heterocycles. The highest BCUT2D eigenvalue weighted by atomic mass is 79.9. The van der Waals surface area contributed by atoms with Crippen molar-refractivity contribution in [3.8, 4) is 0 Å². The predicted octanol–water partition coefficient (Wildman–Crippen LogP) is 3.95. The van der Waals surface area contributed by atoms with Crippen LogP contribution in [0.3, 0.4) is 0 Å². The number of Topliss-reactive ketones (excluding diaryl/α,β-unsaturated/α-hetero) is 1. The van der Waals surface area contributed by atoms with Crippen molar-refractivity contribution in [2.75, 3.05) is 0 Å². The molecule has 0 radical (unpaired) electrons. The van der Waals surface area contributed by atoms with Gasteiger partial charge in [-0.25, -0.2) is 9.78 Å². The lowest BCUT2D eigenvalue weighted by Gasteiger charge is -2.11. The molecule has 0 fully saturated rings. The molecule has 0 aliphatic rings. The van der Waals surface area contributed by atoms with Gasteiger partial charge in [0.1, 0.15) is 4.88 Å². The minimum absolute atomic E-state index is 0.227. The first-order valence-corrected chi connectivity index (χ1v) is 7.94. The number of hydrogen-bond donors (Lipinski definition) is 0. The number of halogens is 1. The number of hydrogen-bond acceptors (Lipinski definition) is 5. The number of benzene rings is 1. The van der Waals surface area contributed by atoms with Crippen LogP contribution in [-0.2, 0) is 4.74 Å². The van der Waals surface area contributed by atoms with E-state index in [1.54, 1.807) is 38.1 Å². The van der Waals surface area contributed by atoms with Crippen molar-refractivity contribution in [3.05, 3.63) is 49.9 Å². The van der Waals surface area contributed by atoms with Gasteiger partial charge in [0.25, 0.3) is 0 Å². The topological polar surface area (TPSA) is 56.3 Å². The van der Waals surface area contributed by atoms with E-state index in [2.05, 4.69) is 20.9 Å². The molecule has 1 atom stereocenters. The molecular formula is C15H14BrNO3S. The van der Waals surface area contributed by atoms with Crippen LogP contribution in [0, 0.1) is 13.8 Å². The van der Waals surface area contributed by atoms with E-state index in [9.17, 15) is 9.59 Å². The highest BCUT2D eigenvalue weighted by Crippen LogP contribution is 2.20. The first-order valence-electron chi connectivity index (χ1n) is 6.33. The quantitative estimate of drug-likeness (QED) is 0.606. The third-order valence-electron chi connectivity index (χ3n) is 2.87. The SMILES string of the molecule is Cc1nc(C)c(C(=O)OC(C)C(=O)c2ccc(Br)cc2)s1. The van der Waals surface area contributed by atoms with Gasteiger partial charge in [-0.2, -0.15) is 0 Å². The van der Waals surface area contributed by atoms with Crippen molar-refractivity contribution in [3.63, 3.8) is 0 Å². The zero-order chi connectivity index (χ0) is 15.6.